The highest BCUT2D eigenvalue weighted by Gasteiger charge is 2.55. The van der Waals surface area contributed by atoms with Crippen LogP contribution in [-0.2, 0) is 14.8 Å². The van der Waals surface area contributed by atoms with Gasteiger partial charge in [-0.25, -0.2) is 18.1 Å². The van der Waals surface area contributed by atoms with Gasteiger partial charge in [0.25, 0.3) is 15.9 Å². The minimum absolute atomic E-state index is 0.0842. The molecule has 2 amide bonds. The van der Waals surface area contributed by atoms with Crippen LogP contribution in [0.15, 0.2) is 53.4 Å². The van der Waals surface area contributed by atoms with Gasteiger partial charge in [-0.2, -0.15) is 4.98 Å². The summed E-state index contributed by atoms with van der Waals surface area (Å²) in [6, 6.07) is 13.0. The second-order valence-electron chi connectivity index (χ2n) is 14.4. The van der Waals surface area contributed by atoms with E-state index >= 15 is 0 Å². The van der Waals surface area contributed by atoms with Crippen LogP contribution in [0.1, 0.15) is 74.4 Å². The fourth-order valence-corrected chi connectivity index (χ4v) is 8.61. The van der Waals surface area contributed by atoms with Crippen LogP contribution in [0.4, 0.5) is 5.95 Å². The summed E-state index contributed by atoms with van der Waals surface area (Å²) in [6.07, 6.45) is 3.38. The molecule has 2 aromatic carbocycles. The van der Waals surface area contributed by atoms with Crippen LogP contribution in [0.3, 0.4) is 0 Å². The molecule has 3 aromatic rings. The van der Waals surface area contributed by atoms with Gasteiger partial charge in [0.2, 0.25) is 17.7 Å². The summed E-state index contributed by atoms with van der Waals surface area (Å²) in [5.74, 6) is -0.535. The Labute approximate surface area is 276 Å². The quantitative estimate of drug-likeness (QED) is 0.409. The van der Waals surface area contributed by atoms with Crippen molar-refractivity contribution < 1.29 is 27.9 Å². The van der Waals surface area contributed by atoms with Crippen LogP contribution < -0.4 is 9.46 Å². The zero-order valence-corrected chi connectivity index (χ0v) is 28.4. The van der Waals surface area contributed by atoms with Gasteiger partial charge < -0.3 is 19.6 Å². The van der Waals surface area contributed by atoms with Gasteiger partial charge in [0.05, 0.1) is 16.6 Å². The molecule has 6 rings (SSSR count). The van der Waals surface area contributed by atoms with Crippen LogP contribution in [0.25, 0.3) is 11.3 Å². The SMILES string of the molecule is Cc1cccc(C)c1-c1cc2nc(n1)NS(=O)(=O)c1cccc(c1)C(=O)N(C1CC3(CCCN3C(=O)CO)C1)[C@H](CC(C)(C)C)CO2. The molecule has 47 heavy (non-hydrogen) atoms. The van der Waals surface area contributed by atoms with Crippen molar-refractivity contribution in [3.63, 3.8) is 0 Å². The first-order valence-electron chi connectivity index (χ1n) is 16.2. The number of nitrogens with one attached hydrogen (secondary N) is 1. The van der Waals surface area contributed by atoms with Crippen molar-refractivity contribution in [2.75, 3.05) is 24.5 Å². The molecule has 4 bridgehead atoms. The lowest BCUT2D eigenvalue weighted by atomic mass is 9.69. The van der Waals surface area contributed by atoms with Gasteiger partial charge >= 0.3 is 0 Å². The van der Waals surface area contributed by atoms with E-state index in [-0.39, 0.29) is 52.2 Å². The Morgan fingerprint density at radius 2 is 1.79 bits per heavy atom. The third kappa shape index (κ3) is 6.45. The molecule has 0 radical (unpaired) electrons. The molecule has 1 saturated heterocycles. The number of likely N-dealkylation sites (tertiary alicyclic amines) is 1. The lowest BCUT2D eigenvalue weighted by Crippen LogP contribution is -2.65. The molecular weight excluding hydrogens is 618 g/mol. The Balaban J connectivity index is 1.46. The molecular formula is C35H43N5O6S. The zero-order valence-electron chi connectivity index (χ0n) is 27.6. The molecule has 1 aliphatic carbocycles. The molecule has 0 unspecified atom stereocenters. The number of sulfonamides is 1. The lowest BCUT2D eigenvalue weighted by Gasteiger charge is -2.55. The van der Waals surface area contributed by atoms with Gasteiger partial charge in [-0.3, -0.25) is 9.59 Å². The number of nitrogens with zero attached hydrogens (tertiary/aromatic N) is 4. The predicted octanol–water partition coefficient (Wildman–Crippen LogP) is 4.72. The smallest absolute Gasteiger partial charge is 0.264 e. The third-order valence-electron chi connectivity index (χ3n) is 9.61. The molecule has 2 aliphatic heterocycles. The molecule has 1 spiro atoms. The largest absolute Gasteiger partial charge is 0.475 e. The maximum atomic E-state index is 14.5. The first-order valence-corrected chi connectivity index (χ1v) is 17.6. The van der Waals surface area contributed by atoms with Gasteiger partial charge in [0.1, 0.15) is 13.2 Å². The molecule has 11 nitrogen and oxygen atoms in total. The number of ether oxygens (including phenoxy) is 1. The third-order valence-corrected chi connectivity index (χ3v) is 10.9. The Kier molecular flexibility index (Phi) is 8.54. The fourth-order valence-electron chi connectivity index (χ4n) is 7.62. The normalized spacial score (nSPS) is 24.0. The molecule has 2 fully saturated rings. The Morgan fingerprint density at radius 1 is 1.09 bits per heavy atom. The van der Waals surface area contributed by atoms with Crippen LogP contribution in [0, 0.1) is 19.3 Å². The highest BCUT2D eigenvalue weighted by atomic mass is 32.2. The second kappa shape index (κ2) is 12.2. The van der Waals surface area contributed by atoms with Gasteiger partial charge in [0, 0.05) is 35.3 Å². The van der Waals surface area contributed by atoms with E-state index in [1.165, 1.54) is 12.1 Å². The topological polar surface area (TPSA) is 142 Å². The number of aryl methyl sites for hydroxylation is 2. The minimum Gasteiger partial charge on any atom is -0.475 e. The van der Waals surface area contributed by atoms with Crippen LogP contribution in [0.5, 0.6) is 5.88 Å². The number of fused-ring (bicyclic) bond motifs is 4. The van der Waals surface area contributed by atoms with Crippen LogP contribution in [-0.4, -0.2) is 82.5 Å². The molecule has 3 aliphatic rings. The maximum absolute atomic E-state index is 14.5. The van der Waals surface area contributed by atoms with E-state index in [2.05, 4.69) is 35.5 Å². The van der Waals surface area contributed by atoms with Gasteiger partial charge in [-0.15, -0.1) is 0 Å². The summed E-state index contributed by atoms with van der Waals surface area (Å²) in [5.41, 5.74) is 2.95. The summed E-state index contributed by atoms with van der Waals surface area (Å²) in [5, 5.41) is 9.63. The van der Waals surface area contributed by atoms with Crippen molar-refractivity contribution in [1.82, 2.24) is 19.8 Å². The lowest BCUT2D eigenvalue weighted by molar-refractivity contribution is -0.144. The van der Waals surface area contributed by atoms with E-state index in [1.54, 1.807) is 23.1 Å². The number of carbonyl (C=O) groups is 2. The highest BCUT2D eigenvalue weighted by Crippen LogP contribution is 2.49. The van der Waals surface area contributed by atoms with Crippen molar-refractivity contribution in [1.29, 1.82) is 0 Å². The van der Waals surface area contributed by atoms with Gasteiger partial charge in [-0.05, 0) is 80.7 Å². The summed E-state index contributed by atoms with van der Waals surface area (Å²) >= 11 is 0. The number of amides is 2. The monoisotopic (exact) mass is 661 g/mol. The minimum atomic E-state index is -4.18. The van der Waals surface area contributed by atoms with Gasteiger partial charge in [0.15, 0.2) is 0 Å². The van der Waals surface area contributed by atoms with Crippen molar-refractivity contribution in [3.05, 3.63) is 65.2 Å². The zero-order chi connectivity index (χ0) is 33.7. The number of hydrogen-bond acceptors (Lipinski definition) is 8. The summed E-state index contributed by atoms with van der Waals surface area (Å²) < 4.78 is 36.3. The average Bonchev–Trinajstić information content (AvgIpc) is 3.43. The standard InChI is InChI=1S/C35H43N5O6S/c1-22-9-6-10-23(2)31(22)28-16-29-37-33(36-28)38-47(44,45)27-12-7-11-24(15-27)32(43)40(26(21-46-29)17-34(3,4)5)25-18-35(19-25)13-8-14-39(35)30(42)20-41/h6-7,9-12,15-16,25-26,41H,8,13-14,17-21H2,1-5H3,(H,36,37,38)/t25?,26-,35?/m1/s1. The Hall–Kier alpha value is -4.03. The first-order chi connectivity index (χ1) is 22.2. The second-order valence-corrected chi connectivity index (χ2v) is 16.0. The molecule has 2 N–H and O–H groups in total. The van der Waals surface area contributed by atoms with Crippen LogP contribution in [0.2, 0.25) is 0 Å². The maximum Gasteiger partial charge on any atom is 0.264 e. The number of aliphatic hydroxyl groups excluding tert-OH is 1. The van der Waals surface area contributed by atoms with Gasteiger partial charge in [-0.1, -0.05) is 45.0 Å². The van der Waals surface area contributed by atoms with E-state index in [0.717, 1.165) is 29.5 Å². The average molecular weight is 662 g/mol. The first kappa shape index (κ1) is 32.9. The summed E-state index contributed by atoms with van der Waals surface area (Å²) in [4.78, 5) is 39.8. The number of rotatable bonds is 4. The number of aliphatic hydroxyl groups is 1. The van der Waals surface area contributed by atoms with E-state index in [0.29, 0.717) is 31.5 Å². The number of hydrogen-bond donors (Lipinski definition) is 2. The number of benzene rings is 2. The van der Waals surface area contributed by atoms with E-state index in [9.17, 15) is 23.1 Å². The summed E-state index contributed by atoms with van der Waals surface area (Å²) in [7, 11) is -4.18. The molecule has 1 saturated carbocycles. The van der Waals surface area contributed by atoms with Crippen molar-refractivity contribution in [2.45, 2.75) is 89.2 Å². The Bertz CT molecular complexity index is 1790. The van der Waals surface area contributed by atoms with Crippen molar-refractivity contribution in [2.24, 2.45) is 5.41 Å². The number of carbonyl (C=O) groups excluding carboxylic acids is 2. The molecule has 1 atom stereocenters. The van der Waals surface area contributed by atoms with Crippen molar-refractivity contribution in [3.8, 4) is 17.1 Å². The molecule has 3 heterocycles. The highest BCUT2D eigenvalue weighted by molar-refractivity contribution is 7.92. The molecule has 250 valence electrons. The van der Waals surface area contributed by atoms with Crippen LogP contribution >= 0.6 is 0 Å². The number of anilines is 1. The molecule has 1 aromatic heterocycles. The predicted molar refractivity (Wildman–Crippen MR) is 178 cm³/mol. The van der Waals surface area contributed by atoms with Crippen molar-refractivity contribution >= 4 is 27.8 Å². The summed E-state index contributed by atoms with van der Waals surface area (Å²) in [6.45, 7) is 10.4. The van der Waals surface area contributed by atoms with E-state index < -0.39 is 28.2 Å². The fraction of sp³-hybridized carbons (Fsp3) is 0.486. The molecule has 12 heteroatoms. The van der Waals surface area contributed by atoms with E-state index in [1.807, 2.05) is 36.9 Å². The van der Waals surface area contributed by atoms with E-state index in [4.69, 9.17) is 4.74 Å². The Morgan fingerprint density at radius 3 is 2.47 bits per heavy atom. The number of aromatic nitrogens is 2.